The zero-order valence-electron chi connectivity index (χ0n) is 12.2. The molecule has 1 aromatic heterocycles. The van der Waals surface area contributed by atoms with E-state index in [9.17, 15) is 9.59 Å². The molecule has 0 atom stereocenters. The van der Waals surface area contributed by atoms with Crippen LogP contribution in [0.3, 0.4) is 0 Å². The molecule has 0 spiro atoms. The van der Waals surface area contributed by atoms with Crippen molar-refractivity contribution in [1.82, 2.24) is 5.32 Å². The third-order valence-electron chi connectivity index (χ3n) is 3.20. The first-order valence-corrected chi connectivity index (χ1v) is 7.72. The predicted octanol–water partition coefficient (Wildman–Crippen LogP) is 3.57. The number of thiocarbonyl (C=S) groups is 1. The second-order valence-corrected chi connectivity index (χ2v) is 5.75. The minimum Gasteiger partial charge on any atom is -0.422 e. The van der Waals surface area contributed by atoms with Crippen LogP contribution in [0.15, 0.2) is 63.8 Å². The number of amides is 1. The maximum atomic E-state index is 12.3. The summed E-state index contributed by atoms with van der Waals surface area (Å²) in [5.41, 5.74) is 0.192. The molecule has 0 fully saturated rings. The molecule has 0 radical (unpaired) electrons. The summed E-state index contributed by atoms with van der Waals surface area (Å²) in [5, 5.41) is 6.50. The molecule has 0 aliphatic rings. The molecule has 0 unspecified atom stereocenters. The highest BCUT2D eigenvalue weighted by atomic mass is 35.5. The largest absolute Gasteiger partial charge is 0.422 e. The fourth-order valence-corrected chi connectivity index (χ4v) is 2.52. The molecule has 3 rings (SSSR count). The molecule has 24 heavy (non-hydrogen) atoms. The van der Waals surface area contributed by atoms with Gasteiger partial charge in [0.2, 0.25) is 0 Å². The highest BCUT2D eigenvalue weighted by Crippen LogP contribution is 2.15. The number of carbonyl (C=O) groups excluding carboxylic acids is 1. The second-order valence-electron chi connectivity index (χ2n) is 4.90. The summed E-state index contributed by atoms with van der Waals surface area (Å²) < 4.78 is 5.13. The van der Waals surface area contributed by atoms with Gasteiger partial charge in [-0.3, -0.25) is 10.1 Å². The molecule has 7 heteroatoms. The van der Waals surface area contributed by atoms with Gasteiger partial charge in [-0.15, -0.1) is 0 Å². The third kappa shape index (κ3) is 3.61. The number of hydrogen-bond donors (Lipinski definition) is 2. The lowest BCUT2D eigenvalue weighted by molar-refractivity contribution is 0.0974. The fraction of sp³-hybridized carbons (Fsp3) is 0. The Balaban J connectivity index is 1.78. The SMILES string of the molecule is O=C(NC(=S)Nc1cccc(Cl)c1)c1cc2ccccc2oc1=O. The molecule has 0 aliphatic heterocycles. The van der Waals surface area contributed by atoms with Crippen LogP contribution >= 0.6 is 23.8 Å². The Morgan fingerprint density at radius 1 is 1.08 bits per heavy atom. The molecule has 0 bridgehead atoms. The van der Waals surface area contributed by atoms with Crippen molar-refractivity contribution in [3.63, 3.8) is 0 Å². The Hall–Kier alpha value is -2.70. The molecule has 2 aromatic carbocycles. The number of halogens is 1. The van der Waals surface area contributed by atoms with Crippen molar-refractivity contribution in [3.05, 3.63) is 75.6 Å². The van der Waals surface area contributed by atoms with E-state index in [1.165, 1.54) is 6.07 Å². The second kappa shape index (κ2) is 6.82. The van der Waals surface area contributed by atoms with Crippen molar-refractivity contribution in [2.45, 2.75) is 0 Å². The lowest BCUT2D eigenvalue weighted by Gasteiger charge is -2.09. The number of hydrogen-bond acceptors (Lipinski definition) is 4. The van der Waals surface area contributed by atoms with Crippen LogP contribution in [0.4, 0.5) is 5.69 Å². The summed E-state index contributed by atoms with van der Waals surface area (Å²) in [5.74, 6) is -0.644. The first-order chi connectivity index (χ1) is 11.5. The standard InChI is InChI=1S/C17H11ClN2O3S/c18-11-5-3-6-12(9-11)19-17(24)20-15(21)13-8-10-4-1-2-7-14(10)23-16(13)22/h1-9H,(H2,19,20,21,24). The number of para-hydroxylation sites is 1. The highest BCUT2D eigenvalue weighted by molar-refractivity contribution is 7.80. The van der Waals surface area contributed by atoms with Crippen LogP contribution in [-0.2, 0) is 0 Å². The van der Waals surface area contributed by atoms with Gasteiger partial charge in [0.25, 0.3) is 5.91 Å². The van der Waals surface area contributed by atoms with E-state index >= 15 is 0 Å². The van der Waals surface area contributed by atoms with Crippen LogP contribution in [0.5, 0.6) is 0 Å². The van der Waals surface area contributed by atoms with Gasteiger partial charge in [-0.05, 0) is 42.5 Å². The van der Waals surface area contributed by atoms with Crippen molar-refractivity contribution in [2.24, 2.45) is 0 Å². The Labute approximate surface area is 147 Å². The van der Waals surface area contributed by atoms with Crippen molar-refractivity contribution in [1.29, 1.82) is 0 Å². The highest BCUT2D eigenvalue weighted by Gasteiger charge is 2.15. The maximum absolute atomic E-state index is 12.3. The molecular weight excluding hydrogens is 348 g/mol. The number of carbonyl (C=O) groups is 1. The summed E-state index contributed by atoms with van der Waals surface area (Å²) in [4.78, 5) is 24.2. The molecule has 5 nitrogen and oxygen atoms in total. The van der Waals surface area contributed by atoms with E-state index in [0.717, 1.165) is 0 Å². The number of fused-ring (bicyclic) bond motifs is 1. The maximum Gasteiger partial charge on any atom is 0.349 e. The molecule has 1 heterocycles. The molecule has 0 aliphatic carbocycles. The van der Waals surface area contributed by atoms with E-state index in [-0.39, 0.29) is 10.7 Å². The topological polar surface area (TPSA) is 71.3 Å². The van der Waals surface area contributed by atoms with Gasteiger partial charge in [0.1, 0.15) is 11.1 Å². The first kappa shape index (κ1) is 16.2. The van der Waals surface area contributed by atoms with Crippen molar-refractivity contribution >= 4 is 51.5 Å². The quantitative estimate of drug-likeness (QED) is 0.541. The van der Waals surface area contributed by atoms with Gasteiger partial charge in [-0.1, -0.05) is 35.9 Å². The fourth-order valence-electron chi connectivity index (χ4n) is 2.12. The van der Waals surface area contributed by atoms with E-state index in [4.69, 9.17) is 28.2 Å². The number of anilines is 1. The van der Waals surface area contributed by atoms with Crippen LogP contribution in [0.1, 0.15) is 10.4 Å². The normalized spacial score (nSPS) is 10.4. The van der Waals surface area contributed by atoms with Crippen molar-refractivity contribution < 1.29 is 9.21 Å². The average molecular weight is 359 g/mol. The molecular formula is C17H11ClN2O3S. The van der Waals surface area contributed by atoms with Crippen LogP contribution in [0.2, 0.25) is 5.02 Å². The molecule has 3 aromatic rings. The van der Waals surface area contributed by atoms with E-state index in [1.807, 2.05) is 0 Å². The van der Waals surface area contributed by atoms with Gasteiger partial charge >= 0.3 is 5.63 Å². The average Bonchev–Trinajstić information content (AvgIpc) is 2.54. The zero-order valence-corrected chi connectivity index (χ0v) is 13.8. The molecule has 2 N–H and O–H groups in total. The van der Waals surface area contributed by atoms with E-state index < -0.39 is 11.5 Å². The van der Waals surface area contributed by atoms with Gasteiger partial charge in [-0.2, -0.15) is 0 Å². The van der Waals surface area contributed by atoms with E-state index in [1.54, 1.807) is 48.5 Å². The van der Waals surface area contributed by atoms with E-state index in [2.05, 4.69) is 10.6 Å². The van der Waals surface area contributed by atoms with Crippen LogP contribution in [0, 0.1) is 0 Å². The van der Waals surface area contributed by atoms with Gasteiger partial charge in [0.05, 0.1) is 0 Å². The summed E-state index contributed by atoms with van der Waals surface area (Å²) in [6.45, 7) is 0. The summed E-state index contributed by atoms with van der Waals surface area (Å²) in [7, 11) is 0. The van der Waals surface area contributed by atoms with Crippen LogP contribution in [0.25, 0.3) is 11.0 Å². The van der Waals surface area contributed by atoms with Crippen LogP contribution in [-0.4, -0.2) is 11.0 Å². The number of rotatable bonds is 2. The molecule has 0 saturated heterocycles. The molecule has 0 saturated carbocycles. The summed E-state index contributed by atoms with van der Waals surface area (Å²) >= 11 is 11.0. The smallest absolute Gasteiger partial charge is 0.349 e. The van der Waals surface area contributed by atoms with Crippen LogP contribution < -0.4 is 16.3 Å². The van der Waals surface area contributed by atoms with E-state index in [0.29, 0.717) is 21.7 Å². The summed E-state index contributed by atoms with van der Waals surface area (Å²) in [6, 6.07) is 15.3. The van der Waals surface area contributed by atoms with Gasteiger partial charge in [-0.25, -0.2) is 4.79 Å². The minimum atomic E-state index is -0.725. The van der Waals surface area contributed by atoms with Gasteiger partial charge < -0.3 is 9.73 Å². The first-order valence-electron chi connectivity index (χ1n) is 6.94. The Kier molecular flexibility index (Phi) is 4.59. The Morgan fingerprint density at radius 3 is 2.67 bits per heavy atom. The van der Waals surface area contributed by atoms with Gasteiger partial charge in [0, 0.05) is 16.1 Å². The summed E-state index contributed by atoms with van der Waals surface area (Å²) in [6.07, 6.45) is 0. The minimum absolute atomic E-state index is 0.0508. The lowest BCUT2D eigenvalue weighted by Crippen LogP contribution is -2.36. The predicted molar refractivity (Wildman–Crippen MR) is 97.6 cm³/mol. The zero-order chi connectivity index (χ0) is 17.1. The Bertz CT molecular complexity index is 1000. The number of nitrogens with one attached hydrogen (secondary N) is 2. The van der Waals surface area contributed by atoms with Gasteiger partial charge in [0.15, 0.2) is 5.11 Å². The Morgan fingerprint density at radius 2 is 1.88 bits per heavy atom. The van der Waals surface area contributed by atoms with Crippen molar-refractivity contribution in [2.75, 3.05) is 5.32 Å². The lowest BCUT2D eigenvalue weighted by atomic mass is 10.2. The monoisotopic (exact) mass is 358 g/mol. The third-order valence-corrected chi connectivity index (χ3v) is 3.63. The number of benzene rings is 2. The molecule has 120 valence electrons. The molecule has 1 amide bonds. The van der Waals surface area contributed by atoms with Crippen molar-refractivity contribution in [3.8, 4) is 0 Å².